The SMILES string of the molecule is Cc1ccc([C@@H]2c3cc(OCc4nc(C(=O)NCc5ccccc5)cs4)ccc3CCN2C(=O)CC(C)C)cc1. The number of ether oxygens (including phenoxy) is 1. The molecule has 2 heterocycles. The van der Waals surface area contributed by atoms with Gasteiger partial charge in [-0.3, -0.25) is 9.59 Å². The fourth-order valence-corrected chi connectivity index (χ4v) is 5.71. The second-order valence-corrected chi connectivity index (χ2v) is 11.6. The lowest BCUT2D eigenvalue weighted by molar-refractivity contribution is -0.134. The van der Waals surface area contributed by atoms with Gasteiger partial charge in [0.15, 0.2) is 0 Å². The van der Waals surface area contributed by atoms with Gasteiger partial charge in [0.25, 0.3) is 5.91 Å². The Morgan fingerprint density at radius 3 is 2.60 bits per heavy atom. The Balaban J connectivity index is 1.30. The predicted octanol–water partition coefficient (Wildman–Crippen LogP) is 6.48. The van der Waals surface area contributed by atoms with E-state index in [1.54, 1.807) is 5.38 Å². The van der Waals surface area contributed by atoms with Crippen molar-refractivity contribution in [3.8, 4) is 5.75 Å². The van der Waals surface area contributed by atoms with E-state index in [0.717, 1.165) is 33.9 Å². The third-order valence-electron chi connectivity index (χ3n) is 7.08. The lowest BCUT2D eigenvalue weighted by atomic mass is 9.87. The number of aryl methyl sites for hydroxylation is 1. The van der Waals surface area contributed by atoms with Crippen LogP contribution in [0.3, 0.4) is 0 Å². The van der Waals surface area contributed by atoms with Crippen molar-refractivity contribution in [2.24, 2.45) is 5.92 Å². The molecule has 7 heteroatoms. The van der Waals surface area contributed by atoms with Crippen molar-refractivity contribution in [1.29, 1.82) is 0 Å². The molecule has 4 aromatic rings. The van der Waals surface area contributed by atoms with Crippen LogP contribution in [-0.2, 0) is 24.4 Å². The molecule has 5 rings (SSSR count). The van der Waals surface area contributed by atoms with E-state index in [1.807, 2.05) is 41.3 Å². The van der Waals surface area contributed by atoms with Gasteiger partial charge in [-0.05, 0) is 53.6 Å². The third kappa shape index (κ3) is 6.59. The van der Waals surface area contributed by atoms with Gasteiger partial charge >= 0.3 is 0 Å². The molecular formula is C33H35N3O3S. The molecule has 1 atom stereocenters. The number of rotatable bonds is 9. The fourth-order valence-electron chi connectivity index (χ4n) is 5.02. The van der Waals surface area contributed by atoms with Crippen LogP contribution in [0.4, 0.5) is 0 Å². The maximum Gasteiger partial charge on any atom is 0.271 e. The second kappa shape index (κ2) is 12.5. The second-order valence-electron chi connectivity index (χ2n) is 10.7. The number of benzene rings is 3. The summed E-state index contributed by atoms with van der Waals surface area (Å²) in [6, 6.07) is 24.3. The number of nitrogens with one attached hydrogen (secondary N) is 1. The molecule has 0 fully saturated rings. The van der Waals surface area contributed by atoms with E-state index >= 15 is 0 Å². The van der Waals surface area contributed by atoms with Gasteiger partial charge in [-0.2, -0.15) is 0 Å². The zero-order chi connectivity index (χ0) is 28.1. The molecule has 0 saturated heterocycles. The zero-order valence-corrected chi connectivity index (χ0v) is 24.0. The maximum absolute atomic E-state index is 13.3. The van der Waals surface area contributed by atoms with Crippen LogP contribution in [0.2, 0.25) is 0 Å². The number of carbonyl (C=O) groups excluding carboxylic acids is 2. The molecule has 1 aromatic heterocycles. The summed E-state index contributed by atoms with van der Waals surface area (Å²) in [4.78, 5) is 32.4. The third-order valence-corrected chi connectivity index (χ3v) is 7.91. The molecule has 40 heavy (non-hydrogen) atoms. The number of hydrogen-bond donors (Lipinski definition) is 1. The largest absolute Gasteiger partial charge is 0.486 e. The van der Waals surface area contributed by atoms with Gasteiger partial charge in [0.1, 0.15) is 23.1 Å². The molecule has 3 aromatic carbocycles. The van der Waals surface area contributed by atoms with E-state index in [2.05, 4.69) is 67.5 Å². The molecule has 1 aliphatic heterocycles. The monoisotopic (exact) mass is 553 g/mol. The highest BCUT2D eigenvalue weighted by Crippen LogP contribution is 2.38. The van der Waals surface area contributed by atoms with E-state index in [9.17, 15) is 9.59 Å². The van der Waals surface area contributed by atoms with E-state index in [-0.39, 0.29) is 24.5 Å². The van der Waals surface area contributed by atoms with Crippen molar-refractivity contribution in [2.75, 3.05) is 6.54 Å². The highest BCUT2D eigenvalue weighted by molar-refractivity contribution is 7.09. The standard InChI is InChI=1S/C33H35N3O3S/c1-22(2)17-31(37)36-16-15-25-13-14-27(18-28(25)32(36)26-11-9-23(3)10-12-26)39-20-30-35-29(21-40-30)33(38)34-19-24-7-5-4-6-8-24/h4-14,18,21-22,32H,15-17,19-20H2,1-3H3,(H,34,38)/t32-/m1/s1. The van der Waals surface area contributed by atoms with Crippen LogP contribution < -0.4 is 10.1 Å². The Morgan fingerprint density at radius 2 is 1.85 bits per heavy atom. The molecule has 2 amide bonds. The van der Waals surface area contributed by atoms with Gasteiger partial charge < -0.3 is 15.0 Å². The summed E-state index contributed by atoms with van der Waals surface area (Å²) in [5, 5.41) is 5.41. The molecular weight excluding hydrogens is 518 g/mol. The Morgan fingerprint density at radius 1 is 1.07 bits per heavy atom. The summed E-state index contributed by atoms with van der Waals surface area (Å²) >= 11 is 1.41. The topological polar surface area (TPSA) is 71.5 Å². The average Bonchev–Trinajstić information content (AvgIpc) is 3.44. The molecule has 6 nitrogen and oxygen atoms in total. The summed E-state index contributed by atoms with van der Waals surface area (Å²) in [5.41, 5.74) is 6.06. The predicted molar refractivity (Wildman–Crippen MR) is 158 cm³/mol. The summed E-state index contributed by atoms with van der Waals surface area (Å²) in [6.07, 6.45) is 1.34. The summed E-state index contributed by atoms with van der Waals surface area (Å²) in [7, 11) is 0. The van der Waals surface area contributed by atoms with E-state index in [1.165, 1.54) is 22.5 Å². The lowest BCUT2D eigenvalue weighted by Gasteiger charge is -2.38. The van der Waals surface area contributed by atoms with E-state index < -0.39 is 0 Å². The van der Waals surface area contributed by atoms with Crippen LogP contribution in [0.15, 0.2) is 78.2 Å². The quantitative estimate of drug-likeness (QED) is 0.258. The maximum atomic E-state index is 13.3. The van der Waals surface area contributed by atoms with Crippen LogP contribution in [0.1, 0.15) is 69.6 Å². The Hall–Kier alpha value is -3.97. The minimum atomic E-state index is -0.202. The van der Waals surface area contributed by atoms with Gasteiger partial charge in [-0.15, -0.1) is 11.3 Å². The molecule has 0 bridgehead atoms. The molecule has 206 valence electrons. The first-order chi connectivity index (χ1) is 19.4. The average molecular weight is 554 g/mol. The minimum absolute atomic E-state index is 0.154. The molecule has 1 aliphatic rings. The van der Waals surface area contributed by atoms with Crippen molar-refractivity contribution >= 4 is 23.2 Å². The van der Waals surface area contributed by atoms with Gasteiger partial charge in [0, 0.05) is 24.9 Å². The number of thiazole rings is 1. The molecule has 0 aliphatic carbocycles. The molecule has 0 radical (unpaired) electrons. The minimum Gasteiger partial charge on any atom is -0.486 e. The van der Waals surface area contributed by atoms with Crippen molar-refractivity contribution in [3.05, 3.63) is 117 Å². The van der Waals surface area contributed by atoms with Crippen molar-refractivity contribution < 1.29 is 14.3 Å². The number of aromatic nitrogens is 1. The zero-order valence-electron chi connectivity index (χ0n) is 23.2. The number of nitrogens with zero attached hydrogens (tertiary/aromatic N) is 2. The van der Waals surface area contributed by atoms with Gasteiger partial charge in [-0.25, -0.2) is 4.98 Å². The first-order valence-corrected chi connectivity index (χ1v) is 14.6. The van der Waals surface area contributed by atoms with Crippen LogP contribution >= 0.6 is 11.3 Å². The normalized spacial score (nSPS) is 14.6. The van der Waals surface area contributed by atoms with Gasteiger partial charge in [0.05, 0.1) is 6.04 Å². The Labute approximate surface area is 240 Å². The molecule has 1 N–H and O–H groups in total. The summed E-state index contributed by atoms with van der Waals surface area (Å²) in [6.45, 7) is 7.66. The van der Waals surface area contributed by atoms with Crippen LogP contribution in [0.5, 0.6) is 5.75 Å². The van der Waals surface area contributed by atoms with E-state index in [0.29, 0.717) is 31.1 Å². The molecule has 0 spiro atoms. The van der Waals surface area contributed by atoms with Gasteiger partial charge in [0.2, 0.25) is 5.91 Å². The van der Waals surface area contributed by atoms with Crippen LogP contribution in [0.25, 0.3) is 0 Å². The highest BCUT2D eigenvalue weighted by atomic mass is 32.1. The molecule has 0 saturated carbocycles. The van der Waals surface area contributed by atoms with Crippen molar-refractivity contribution in [1.82, 2.24) is 15.2 Å². The van der Waals surface area contributed by atoms with Crippen LogP contribution in [-0.4, -0.2) is 28.2 Å². The highest BCUT2D eigenvalue weighted by Gasteiger charge is 2.32. The van der Waals surface area contributed by atoms with Crippen molar-refractivity contribution in [2.45, 2.75) is 52.8 Å². The first kappa shape index (κ1) is 27.6. The van der Waals surface area contributed by atoms with E-state index in [4.69, 9.17) is 4.74 Å². The number of carbonyl (C=O) groups is 2. The first-order valence-electron chi connectivity index (χ1n) is 13.8. The Kier molecular flexibility index (Phi) is 8.60. The number of fused-ring (bicyclic) bond motifs is 1. The smallest absolute Gasteiger partial charge is 0.271 e. The lowest BCUT2D eigenvalue weighted by Crippen LogP contribution is -2.41. The van der Waals surface area contributed by atoms with Gasteiger partial charge in [-0.1, -0.05) is 80.1 Å². The molecule has 0 unspecified atom stereocenters. The summed E-state index contributed by atoms with van der Waals surface area (Å²) < 4.78 is 6.16. The Bertz CT molecular complexity index is 1460. The summed E-state index contributed by atoms with van der Waals surface area (Å²) in [5.74, 6) is 0.996. The van der Waals surface area contributed by atoms with Crippen LogP contribution in [0, 0.1) is 12.8 Å². The van der Waals surface area contributed by atoms with Crippen molar-refractivity contribution in [3.63, 3.8) is 0 Å². The number of hydrogen-bond acceptors (Lipinski definition) is 5. The number of amides is 2. The fraction of sp³-hybridized carbons (Fsp3) is 0.303.